The zero-order valence-electron chi connectivity index (χ0n) is 8.71. The van der Waals surface area contributed by atoms with Crippen LogP contribution in [0.5, 0.6) is 0 Å². The van der Waals surface area contributed by atoms with Crippen LogP contribution in [0.15, 0.2) is 10.7 Å². The van der Waals surface area contributed by atoms with Crippen LogP contribution < -0.4 is 5.73 Å². The molecule has 3 aromatic rings. The van der Waals surface area contributed by atoms with Crippen LogP contribution >= 0.6 is 11.5 Å². The molecule has 0 bridgehead atoms. The Balaban J connectivity index is 2.07. The summed E-state index contributed by atoms with van der Waals surface area (Å²) in [4.78, 5) is 4.20. The molecule has 3 rings (SSSR count). The smallest absolute Gasteiger partial charge is 0.263 e. The fourth-order valence-corrected chi connectivity index (χ4v) is 2.04. The minimum atomic E-state index is 0.340. The maximum absolute atomic E-state index is 5.80. The van der Waals surface area contributed by atoms with Crippen LogP contribution in [0.4, 0.5) is 5.00 Å². The lowest BCUT2D eigenvalue weighted by atomic mass is 10.2. The number of aryl methyl sites for hydroxylation is 1. The van der Waals surface area contributed by atoms with Crippen molar-refractivity contribution in [3.63, 3.8) is 0 Å². The van der Waals surface area contributed by atoms with Gasteiger partial charge in [-0.3, -0.25) is 0 Å². The minimum Gasteiger partial charge on any atom is -0.389 e. The summed E-state index contributed by atoms with van der Waals surface area (Å²) >= 11 is 1.20. The number of nitrogens with one attached hydrogen (secondary N) is 1. The second kappa shape index (κ2) is 3.63. The van der Waals surface area contributed by atoms with Crippen LogP contribution in [0.3, 0.4) is 0 Å². The molecular weight excluding hydrogens is 242 g/mol. The van der Waals surface area contributed by atoms with Gasteiger partial charge < -0.3 is 10.3 Å². The van der Waals surface area contributed by atoms with Crippen molar-refractivity contribution < 1.29 is 4.52 Å². The number of hydrogen-bond acceptors (Lipinski definition) is 8. The van der Waals surface area contributed by atoms with Crippen molar-refractivity contribution in [2.24, 2.45) is 0 Å². The third-order valence-electron chi connectivity index (χ3n) is 2.17. The van der Waals surface area contributed by atoms with Gasteiger partial charge in [-0.05, 0) is 18.5 Å². The topological polar surface area (TPSA) is 119 Å². The molecule has 0 radical (unpaired) electrons. The number of aromatic nitrogens is 6. The van der Waals surface area contributed by atoms with Crippen molar-refractivity contribution in [1.29, 1.82) is 0 Å². The molecule has 17 heavy (non-hydrogen) atoms. The van der Waals surface area contributed by atoms with Gasteiger partial charge >= 0.3 is 0 Å². The molecule has 8 nitrogen and oxygen atoms in total. The number of hydrogen-bond donors (Lipinski definition) is 2. The van der Waals surface area contributed by atoms with Crippen LogP contribution in [0.1, 0.15) is 5.69 Å². The van der Waals surface area contributed by atoms with Gasteiger partial charge in [-0.25, -0.2) is 0 Å². The van der Waals surface area contributed by atoms with Gasteiger partial charge in [0.05, 0.1) is 17.5 Å². The largest absolute Gasteiger partial charge is 0.389 e. The zero-order valence-corrected chi connectivity index (χ0v) is 9.52. The minimum absolute atomic E-state index is 0.340. The first-order valence-corrected chi connectivity index (χ1v) is 5.45. The summed E-state index contributed by atoms with van der Waals surface area (Å²) < 4.78 is 9.26. The number of nitrogens with two attached hydrogens (primary N) is 1. The highest BCUT2D eigenvalue weighted by Gasteiger charge is 2.18. The van der Waals surface area contributed by atoms with E-state index in [9.17, 15) is 0 Å². The van der Waals surface area contributed by atoms with Gasteiger partial charge in [-0.2, -0.15) is 24.8 Å². The number of H-pyrrole nitrogens is 1. The second-order valence-corrected chi connectivity index (χ2v) is 4.09. The maximum atomic E-state index is 5.80. The van der Waals surface area contributed by atoms with Crippen molar-refractivity contribution in [3.8, 4) is 23.0 Å². The van der Waals surface area contributed by atoms with E-state index in [4.69, 9.17) is 10.3 Å². The van der Waals surface area contributed by atoms with Crippen LogP contribution in [0, 0.1) is 6.92 Å². The van der Waals surface area contributed by atoms with Gasteiger partial charge in [0, 0.05) is 0 Å². The Labute approximate surface area is 99.0 Å². The highest BCUT2D eigenvalue weighted by atomic mass is 32.1. The van der Waals surface area contributed by atoms with E-state index in [-0.39, 0.29) is 0 Å². The standard InChI is InChI=1S/C8H7N7OS/c1-3-5(6(9)17-14-3)8-11-7(13-16-8)4-2-10-15-12-4/h2H,9H2,1H3,(H,10,12,15). The molecule has 9 heteroatoms. The fraction of sp³-hybridized carbons (Fsp3) is 0.125. The van der Waals surface area contributed by atoms with Crippen molar-refractivity contribution in [1.82, 2.24) is 29.9 Å². The average molecular weight is 249 g/mol. The molecule has 0 aromatic carbocycles. The summed E-state index contributed by atoms with van der Waals surface area (Å²) in [6.07, 6.45) is 1.51. The third-order valence-corrected chi connectivity index (χ3v) is 2.94. The Bertz CT molecular complexity index is 621. The van der Waals surface area contributed by atoms with Crippen LogP contribution in [0.25, 0.3) is 23.0 Å². The SMILES string of the molecule is Cc1nsc(N)c1-c1nc(-c2cn[nH]n2)no1. The summed E-state index contributed by atoms with van der Waals surface area (Å²) in [7, 11) is 0. The quantitative estimate of drug-likeness (QED) is 0.691. The Morgan fingerprint density at radius 3 is 3.00 bits per heavy atom. The molecule has 86 valence electrons. The lowest BCUT2D eigenvalue weighted by molar-refractivity contribution is 0.432. The molecule has 0 saturated carbocycles. The van der Waals surface area contributed by atoms with E-state index in [0.29, 0.717) is 28.0 Å². The number of rotatable bonds is 2. The maximum Gasteiger partial charge on any atom is 0.263 e. The molecule has 3 aromatic heterocycles. The molecule has 0 aliphatic heterocycles. The van der Waals surface area contributed by atoms with E-state index < -0.39 is 0 Å². The lowest BCUT2D eigenvalue weighted by Crippen LogP contribution is -1.86. The highest BCUT2D eigenvalue weighted by Crippen LogP contribution is 2.31. The molecule has 3 heterocycles. The van der Waals surface area contributed by atoms with Crippen LogP contribution in [0.2, 0.25) is 0 Å². The first-order valence-electron chi connectivity index (χ1n) is 4.67. The molecule has 0 unspecified atom stereocenters. The number of aromatic amines is 1. The van der Waals surface area contributed by atoms with Gasteiger partial charge in [0.1, 0.15) is 5.00 Å². The van der Waals surface area contributed by atoms with Gasteiger partial charge in [-0.15, -0.1) is 0 Å². The van der Waals surface area contributed by atoms with E-state index in [0.717, 1.165) is 5.69 Å². The zero-order chi connectivity index (χ0) is 11.8. The predicted octanol–water partition coefficient (Wildman–Crippen LogP) is 0.869. The van der Waals surface area contributed by atoms with Crippen LogP contribution in [-0.2, 0) is 0 Å². The van der Waals surface area contributed by atoms with Crippen molar-refractivity contribution >= 4 is 16.5 Å². The average Bonchev–Trinajstić information content (AvgIpc) is 2.98. The summed E-state index contributed by atoms with van der Waals surface area (Å²) in [5, 5.41) is 14.4. The first-order chi connectivity index (χ1) is 8.25. The Morgan fingerprint density at radius 2 is 2.35 bits per heavy atom. The van der Waals surface area contributed by atoms with Gasteiger partial charge in [0.15, 0.2) is 5.69 Å². The molecule has 0 saturated heterocycles. The molecule has 0 aliphatic carbocycles. The van der Waals surface area contributed by atoms with Gasteiger partial charge in [0.25, 0.3) is 5.89 Å². The monoisotopic (exact) mass is 249 g/mol. The molecule has 0 amide bonds. The van der Waals surface area contributed by atoms with Crippen molar-refractivity contribution in [3.05, 3.63) is 11.9 Å². The van der Waals surface area contributed by atoms with Gasteiger partial charge in [0.2, 0.25) is 5.82 Å². The normalized spacial score (nSPS) is 10.9. The first kappa shape index (κ1) is 9.90. The van der Waals surface area contributed by atoms with Crippen molar-refractivity contribution in [2.75, 3.05) is 5.73 Å². The Morgan fingerprint density at radius 1 is 1.47 bits per heavy atom. The van der Waals surface area contributed by atoms with E-state index in [1.807, 2.05) is 6.92 Å². The Kier molecular flexibility index (Phi) is 2.11. The predicted molar refractivity (Wildman–Crippen MR) is 59.9 cm³/mol. The summed E-state index contributed by atoms with van der Waals surface area (Å²) in [6.45, 7) is 1.84. The lowest BCUT2D eigenvalue weighted by Gasteiger charge is -1.91. The fourth-order valence-electron chi connectivity index (χ4n) is 1.39. The van der Waals surface area contributed by atoms with E-state index in [1.54, 1.807) is 0 Å². The number of anilines is 1. The van der Waals surface area contributed by atoms with Crippen molar-refractivity contribution in [2.45, 2.75) is 6.92 Å². The molecule has 0 fully saturated rings. The van der Waals surface area contributed by atoms with E-state index >= 15 is 0 Å². The van der Waals surface area contributed by atoms with Crippen LogP contribution in [-0.4, -0.2) is 29.9 Å². The van der Waals surface area contributed by atoms with E-state index in [1.165, 1.54) is 17.7 Å². The molecular formula is C8H7N7OS. The molecule has 0 aliphatic rings. The number of nitrogens with zero attached hydrogens (tertiary/aromatic N) is 5. The second-order valence-electron chi connectivity index (χ2n) is 3.29. The number of nitrogen functional groups attached to an aromatic ring is 1. The molecule has 0 atom stereocenters. The summed E-state index contributed by atoms with van der Waals surface area (Å²) in [5.41, 5.74) is 7.75. The molecule has 0 spiro atoms. The third kappa shape index (κ3) is 1.56. The summed E-state index contributed by atoms with van der Waals surface area (Å²) in [6, 6.07) is 0. The van der Waals surface area contributed by atoms with Gasteiger partial charge in [-0.1, -0.05) is 5.16 Å². The highest BCUT2D eigenvalue weighted by molar-refractivity contribution is 7.10. The Hall–Kier alpha value is -2.29. The summed E-state index contributed by atoms with van der Waals surface area (Å²) in [5.74, 6) is 0.700. The van der Waals surface area contributed by atoms with E-state index in [2.05, 4.69) is 29.9 Å². The molecule has 3 N–H and O–H groups in total.